The smallest absolute Gasteiger partial charge is 0.330 e. The molecule has 25 heavy (non-hydrogen) atoms. The van der Waals surface area contributed by atoms with Crippen molar-refractivity contribution < 1.29 is 28.6 Å². The Balaban J connectivity index is 1.63. The van der Waals surface area contributed by atoms with Crippen molar-refractivity contribution in [3.05, 3.63) is 25.3 Å². The minimum absolute atomic E-state index is 0.0100. The second kappa shape index (κ2) is 6.65. The number of carbonyl (C=O) groups is 3. The first-order valence-corrected chi connectivity index (χ1v) is 8.74. The van der Waals surface area contributed by atoms with E-state index in [1.54, 1.807) is 0 Å². The molecule has 4 fully saturated rings. The van der Waals surface area contributed by atoms with Crippen LogP contribution in [0.25, 0.3) is 0 Å². The quantitative estimate of drug-likeness (QED) is 0.399. The molecule has 2 atom stereocenters. The van der Waals surface area contributed by atoms with E-state index in [0.717, 1.165) is 38.2 Å². The molecule has 0 N–H and O–H groups in total. The molecule has 136 valence electrons. The Bertz CT molecular complexity index is 593. The molecule has 0 aromatic heterocycles. The van der Waals surface area contributed by atoms with Gasteiger partial charge in [-0.15, -0.1) is 0 Å². The van der Waals surface area contributed by atoms with Crippen LogP contribution in [0.4, 0.5) is 0 Å². The Morgan fingerprint density at radius 2 is 1.48 bits per heavy atom. The Hall–Kier alpha value is -2.11. The van der Waals surface area contributed by atoms with Gasteiger partial charge in [0, 0.05) is 18.6 Å². The van der Waals surface area contributed by atoms with Crippen LogP contribution in [0.5, 0.6) is 0 Å². The highest BCUT2D eigenvalue weighted by molar-refractivity contribution is 5.82. The van der Waals surface area contributed by atoms with Crippen LogP contribution < -0.4 is 0 Å². The summed E-state index contributed by atoms with van der Waals surface area (Å²) in [5.41, 5.74) is -1.10. The third-order valence-electron chi connectivity index (χ3n) is 5.49. The van der Waals surface area contributed by atoms with Crippen molar-refractivity contribution in [2.24, 2.45) is 11.8 Å². The molecule has 6 heteroatoms. The Morgan fingerprint density at radius 1 is 0.920 bits per heavy atom. The van der Waals surface area contributed by atoms with E-state index in [-0.39, 0.29) is 19.0 Å². The van der Waals surface area contributed by atoms with Crippen LogP contribution in [0.15, 0.2) is 25.3 Å². The lowest BCUT2D eigenvalue weighted by molar-refractivity contribution is -0.229. The monoisotopic (exact) mass is 348 g/mol. The minimum Gasteiger partial charge on any atom is -0.462 e. The Morgan fingerprint density at radius 3 is 2.04 bits per heavy atom. The van der Waals surface area contributed by atoms with E-state index < -0.39 is 23.1 Å². The molecule has 6 nitrogen and oxygen atoms in total. The molecule has 0 aromatic rings. The van der Waals surface area contributed by atoms with Gasteiger partial charge >= 0.3 is 17.9 Å². The normalized spacial score (nSPS) is 34.9. The summed E-state index contributed by atoms with van der Waals surface area (Å²) in [5, 5.41) is 0. The van der Waals surface area contributed by atoms with Crippen LogP contribution in [0.3, 0.4) is 0 Å². The van der Waals surface area contributed by atoms with Gasteiger partial charge < -0.3 is 14.2 Å². The summed E-state index contributed by atoms with van der Waals surface area (Å²) in [6, 6.07) is 0. The van der Waals surface area contributed by atoms with Gasteiger partial charge in [0.25, 0.3) is 0 Å². The summed E-state index contributed by atoms with van der Waals surface area (Å²) in [4.78, 5) is 35.0. The maximum Gasteiger partial charge on any atom is 0.330 e. The van der Waals surface area contributed by atoms with E-state index in [2.05, 4.69) is 13.2 Å². The zero-order valence-corrected chi connectivity index (χ0v) is 14.3. The fourth-order valence-corrected chi connectivity index (χ4v) is 5.18. The maximum absolute atomic E-state index is 12.2. The largest absolute Gasteiger partial charge is 0.462 e. The van der Waals surface area contributed by atoms with Crippen molar-refractivity contribution in [3.8, 4) is 0 Å². The molecule has 0 heterocycles. The van der Waals surface area contributed by atoms with Gasteiger partial charge in [0.1, 0.15) is 17.8 Å². The average Bonchev–Trinajstić information content (AvgIpc) is 2.52. The lowest BCUT2D eigenvalue weighted by atomic mass is 9.52. The SMILES string of the molecule is C=CC(=O)OCCC(=O)OC12CC3CC(CC(OC(=O)C=C)(C3)C1)C2. The predicted molar refractivity (Wildman–Crippen MR) is 88.3 cm³/mol. The van der Waals surface area contributed by atoms with Gasteiger partial charge in [-0.25, -0.2) is 9.59 Å². The Labute approximate surface area is 147 Å². The number of ether oxygens (including phenoxy) is 3. The second-order valence-electron chi connectivity index (χ2n) is 7.55. The molecule has 0 amide bonds. The van der Waals surface area contributed by atoms with Crippen molar-refractivity contribution in [2.75, 3.05) is 6.61 Å². The summed E-state index contributed by atoms with van der Waals surface area (Å²) in [6.07, 6.45) is 7.20. The van der Waals surface area contributed by atoms with Crippen molar-refractivity contribution in [3.63, 3.8) is 0 Å². The van der Waals surface area contributed by atoms with Crippen LogP contribution in [0.2, 0.25) is 0 Å². The first kappa shape index (κ1) is 17.7. The second-order valence-corrected chi connectivity index (χ2v) is 7.55. The highest BCUT2D eigenvalue weighted by Crippen LogP contribution is 2.60. The lowest BCUT2D eigenvalue weighted by Gasteiger charge is -2.60. The van der Waals surface area contributed by atoms with Crippen LogP contribution >= 0.6 is 0 Å². The molecule has 0 saturated heterocycles. The van der Waals surface area contributed by atoms with Gasteiger partial charge in [-0.3, -0.25) is 4.79 Å². The molecule has 4 rings (SSSR count). The first-order valence-electron chi connectivity index (χ1n) is 8.74. The molecule has 0 spiro atoms. The summed E-state index contributed by atoms with van der Waals surface area (Å²) in [5.74, 6) is -0.544. The summed E-state index contributed by atoms with van der Waals surface area (Å²) < 4.78 is 16.4. The topological polar surface area (TPSA) is 78.9 Å². The zero-order valence-electron chi connectivity index (χ0n) is 14.3. The van der Waals surface area contributed by atoms with Crippen LogP contribution in [0.1, 0.15) is 44.9 Å². The molecule has 4 bridgehead atoms. The van der Waals surface area contributed by atoms with E-state index in [0.29, 0.717) is 18.3 Å². The van der Waals surface area contributed by atoms with Gasteiger partial charge in [0.2, 0.25) is 0 Å². The van der Waals surface area contributed by atoms with Gasteiger partial charge in [-0.2, -0.15) is 0 Å². The maximum atomic E-state index is 12.2. The van der Waals surface area contributed by atoms with Crippen molar-refractivity contribution in [1.82, 2.24) is 0 Å². The molecule has 0 radical (unpaired) electrons. The van der Waals surface area contributed by atoms with E-state index >= 15 is 0 Å². The summed E-state index contributed by atoms with van der Waals surface area (Å²) in [7, 11) is 0. The lowest BCUT2D eigenvalue weighted by Crippen LogP contribution is -2.61. The van der Waals surface area contributed by atoms with Gasteiger partial charge in [0.05, 0.1) is 6.42 Å². The third kappa shape index (κ3) is 3.78. The molecular formula is C19H24O6. The number of rotatable bonds is 7. The van der Waals surface area contributed by atoms with E-state index in [9.17, 15) is 14.4 Å². The summed E-state index contributed by atoms with van der Waals surface area (Å²) >= 11 is 0. The number of carbonyl (C=O) groups excluding carboxylic acids is 3. The molecule has 4 aliphatic rings. The van der Waals surface area contributed by atoms with E-state index in [1.807, 2.05) is 0 Å². The highest BCUT2D eigenvalue weighted by atomic mass is 16.6. The zero-order chi connectivity index (χ0) is 18.1. The van der Waals surface area contributed by atoms with Crippen LogP contribution in [-0.4, -0.2) is 35.7 Å². The molecular weight excluding hydrogens is 324 g/mol. The Kier molecular flexibility index (Phi) is 4.71. The minimum atomic E-state index is -0.564. The molecule has 4 saturated carbocycles. The fraction of sp³-hybridized carbons (Fsp3) is 0.632. The molecule has 0 aliphatic heterocycles. The first-order chi connectivity index (χ1) is 11.9. The number of hydrogen-bond donors (Lipinski definition) is 0. The van der Waals surface area contributed by atoms with Crippen molar-refractivity contribution in [1.29, 1.82) is 0 Å². The van der Waals surface area contributed by atoms with Gasteiger partial charge in [-0.1, -0.05) is 13.2 Å². The molecule has 0 aromatic carbocycles. The fourth-order valence-electron chi connectivity index (χ4n) is 5.18. The predicted octanol–water partition coefficient (Wildman–Crippen LogP) is 2.47. The third-order valence-corrected chi connectivity index (χ3v) is 5.49. The van der Waals surface area contributed by atoms with E-state index in [1.165, 1.54) is 6.08 Å². The number of hydrogen-bond acceptors (Lipinski definition) is 6. The van der Waals surface area contributed by atoms with E-state index in [4.69, 9.17) is 14.2 Å². The van der Waals surface area contributed by atoms with Gasteiger partial charge in [-0.05, 0) is 43.9 Å². The highest BCUT2D eigenvalue weighted by Gasteiger charge is 2.61. The van der Waals surface area contributed by atoms with Crippen LogP contribution in [-0.2, 0) is 28.6 Å². The van der Waals surface area contributed by atoms with Crippen LogP contribution in [0, 0.1) is 11.8 Å². The standard InChI is InChI=1S/C19H24O6/c1-3-15(20)23-6-5-17(22)25-19-10-13-7-14(11-19)9-18(8-13,12-19)24-16(21)4-2/h3-4,13-14H,1-2,5-12H2. The van der Waals surface area contributed by atoms with Gasteiger partial charge in [0.15, 0.2) is 0 Å². The van der Waals surface area contributed by atoms with Crippen molar-refractivity contribution >= 4 is 17.9 Å². The molecule has 4 aliphatic carbocycles. The summed E-state index contributed by atoms with van der Waals surface area (Å²) in [6.45, 7) is 6.75. The molecule has 2 unspecified atom stereocenters. The van der Waals surface area contributed by atoms with Crippen molar-refractivity contribution in [2.45, 2.75) is 56.1 Å². The average molecular weight is 348 g/mol. The number of esters is 3.